The lowest BCUT2D eigenvalue weighted by molar-refractivity contribution is -0.131. The van der Waals surface area contributed by atoms with Gasteiger partial charge in [-0.25, -0.2) is 117 Å². The summed E-state index contributed by atoms with van der Waals surface area (Å²) in [4.78, 5) is 87.1. The summed E-state index contributed by atoms with van der Waals surface area (Å²) in [5.41, 5.74) is -0.419. The molecule has 0 spiro atoms. The zero-order valence-corrected chi connectivity index (χ0v) is 64.6. The van der Waals surface area contributed by atoms with Gasteiger partial charge in [-0.15, -0.1) is 0 Å². The van der Waals surface area contributed by atoms with Crippen molar-refractivity contribution in [2.24, 2.45) is 0 Å². The van der Waals surface area contributed by atoms with Crippen LogP contribution in [0.4, 0.5) is 132 Å². The Morgan fingerprint density at radius 1 is 0.230 bits per heavy atom. The fourth-order valence-electron chi connectivity index (χ4n) is 5.96. The number of carbonyl (C=O) groups excluding carboxylic acids is 8. The van der Waals surface area contributed by atoms with Gasteiger partial charge >= 0.3 is 47.8 Å². The molecule has 0 atom stereocenters. The summed E-state index contributed by atoms with van der Waals surface area (Å²) in [5, 5.41) is -3.91. The molecule has 0 saturated carbocycles. The van der Waals surface area contributed by atoms with Crippen molar-refractivity contribution in [2.75, 3.05) is 0 Å². The average molecular weight is 1970 g/mol. The zero-order valence-electron chi connectivity index (χ0n) is 66.1. The van der Waals surface area contributed by atoms with E-state index in [0.717, 1.165) is 13.0 Å². The summed E-state index contributed by atoms with van der Waals surface area (Å²) in [6.45, 7) is 26.3. The van der Waals surface area contributed by atoms with E-state index in [9.17, 15) is 170 Å². The Labute approximate surface area is 719 Å². The van der Waals surface area contributed by atoms with E-state index in [2.05, 4.69) is 90.5 Å². The molecule has 0 N–H and O–H groups in total. The molecule has 0 fully saturated rings. The van der Waals surface area contributed by atoms with Crippen molar-refractivity contribution < 1.29 is 216 Å². The van der Waals surface area contributed by atoms with Crippen molar-refractivity contribution in [3.8, 4) is 46.0 Å². The van der Waals surface area contributed by atoms with Crippen molar-refractivity contribution in [3.63, 3.8) is 0 Å². The van der Waals surface area contributed by atoms with Gasteiger partial charge in [0, 0.05) is 35.4 Å². The van der Waals surface area contributed by atoms with Gasteiger partial charge in [0.15, 0.2) is 81.3 Å². The van der Waals surface area contributed by atoms with Crippen LogP contribution in [0.1, 0.15) is 22.1 Å². The quantitative estimate of drug-likeness (QED) is 0.0220. The first kappa shape index (κ1) is 100. The van der Waals surface area contributed by atoms with E-state index in [1.807, 2.05) is 0 Å². The van der Waals surface area contributed by atoms with Crippen molar-refractivity contribution in [3.05, 3.63) is 329 Å². The van der Waals surface area contributed by atoms with E-state index < -0.39 is 335 Å². The van der Waals surface area contributed by atoms with Crippen LogP contribution in [0.15, 0.2) is 154 Å². The Bertz CT molecular complexity index is 5310. The second-order valence-corrected chi connectivity index (χ2v) is 23.5. The predicted molar refractivity (Wildman–Crippen MR) is 375 cm³/mol. The van der Waals surface area contributed by atoms with Crippen LogP contribution in [0.2, 0.25) is 0 Å². The molecule has 8 aromatic carbocycles. The maximum Gasteiger partial charge on any atom is 0.354 e. The number of hydrogen-bond donors (Lipinski definition) is 0. The third-order valence-electron chi connectivity index (χ3n) is 11.6. The summed E-state index contributed by atoms with van der Waals surface area (Å²) in [6, 6.07) is -5.70. The minimum Gasteiger partial charge on any atom is -0.422 e. The predicted octanol–water partition coefficient (Wildman–Crippen LogP) is 22.6. The van der Waals surface area contributed by atoms with Crippen molar-refractivity contribution in [1.82, 2.24) is 0 Å². The molecule has 0 aromatic heterocycles. The molecular weight excluding hydrogens is 1930 g/mol. The molecule has 8 aromatic rings. The van der Waals surface area contributed by atoms with Gasteiger partial charge in [0.25, 0.3) is 0 Å². The molecule has 0 heterocycles. The van der Waals surface area contributed by atoms with Gasteiger partial charge < -0.3 is 37.9 Å². The number of esters is 8. The molecule has 0 aliphatic rings. The van der Waals surface area contributed by atoms with Gasteiger partial charge in [0.2, 0.25) is 133 Å². The number of carbonyl (C=O) groups is 8. The van der Waals surface area contributed by atoms with Crippen LogP contribution >= 0.6 is 69.6 Å². The molecule has 126 heavy (non-hydrogen) atoms. The normalized spacial score (nSPS) is 10.7. The second-order valence-electron chi connectivity index (χ2n) is 20.7. The molecule has 0 bridgehead atoms. The lowest BCUT2D eigenvalue weighted by Crippen LogP contribution is -2.13. The minimum atomic E-state index is -2.36. The molecular formula is C74H32Cl6F30O16. The highest BCUT2D eigenvalue weighted by molar-refractivity contribution is 6.43. The zero-order chi connectivity index (χ0) is 103. The first-order valence-corrected chi connectivity index (χ1v) is 32.1. The Morgan fingerprint density at radius 2 is 0.468 bits per heavy atom. The molecule has 676 valence electrons. The van der Waals surface area contributed by atoms with Crippen LogP contribution < -0.4 is 37.9 Å². The maximum atomic E-state index is 13.2. The van der Waals surface area contributed by atoms with Crippen LogP contribution in [-0.2, 0) is 38.4 Å². The number of hydrogen-bond acceptors (Lipinski definition) is 16. The molecule has 0 aliphatic heterocycles. The third-order valence-corrected chi connectivity index (χ3v) is 12.6. The van der Waals surface area contributed by atoms with Crippen LogP contribution in [0.5, 0.6) is 46.0 Å². The standard InChI is InChI=1S/C10H5F5O2.C10H6F4O2.C9H2ClF5O2.2C9H3ClF4O2.2C9H4ClF3O2.C9H5ClF2O2/c1-3(2)10(16)17-9-7(14)5(12)4(11)6(13)8(9)15;1-4(2)10(15)16-9-7(13)5(11)3-6(12)8(9)14;1-2(10)9(16)17-8-6(14)4(12)3(11)5(13)7(8)15;2*1-3(10)9(15)16-8-6(13)4(11)2-5(12)7(8)14;2*1-4(10)9(14)15-6-3-2-5(11)7(12)8(6)13;1-5(10)9(13)14-6-2-3-7(11)8(12)4-6/h1H2,2H3;3H,1H2,2H3;1H2;2*2H,1H2;2*2-3H,1H2;2-4H,1H2/i;;;2D;;2D,3D;;2D,3D,4D. The van der Waals surface area contributed by atoms with E-state index in [4.69, 9.17) is 77.8 Å². The lowest BCUT2D eigenvalue weighted by atomic mass is 10.2. The minimum absolute atomic E-state index is 0.0163. The van der Waals surface area contributed by atoms with E-state index in [1.54, 1.807) is 0 Å². The first-order chi connectivity index (χ1) is 60.5. The number of rotatable bonds is 16. The molecule has 0 amide bonds. The van der Waals surface area contributed by atoms with Gasteiger partial charge in [0.1, 0.15) is 35.9 Å². The number of benzene rings is 8. The highest BCUT2D eigenvalue weighted by Crippen LogP contribution is 2.35. The second kappa shape index (κ2) is 49.5. The maximum absolute atomic E-state index is 13.2. The van der Waals surface area contributed by atoms with E-state index in [0.29, 0.717) is 6.07 Å². The SMILES string of the molecule is C=C(C)C(=O)Oc1c(F)c(F)c(F)c(F)c1F.C=C(C)C(=O)Oc1c(F)c(F)cc(F)c1F.C=C(Cl)C(=O)Oc1c(F)c(F)c(F)c(F)c1F.C=C(Cl)C(=O)Oc1c(F)c(F)cc(F)c1F.C=C(Cl)C(=O)Oc1ccc(F)c(F)c1F.[2H]c1c(F)c(F)c(OC(=O)C(=C)Cl)c(F)c1F.[2H]c1c([2H])c(OC(=O)C(=C)Cl)c(F)c(F)c1F.[2H]c1c([2H])c(OC(=O)C(=C)Cl)c([2H])c(F)c1F. The van der Waals surface area contributed by atoms with E-state index in [1.165, 1.54) is 6.92 Å². The van der Waals surface area contributed by atoms with Crippen LogP contribution in [0.3, 0.4) is 0 Å². The highest BCUT2D eigenvalue weighted by atomic mass is 35.5. The van der Waals surface area contributed by atoms with Crippen LogP contribution in [0.25, 0.3) is 0 Å². The van der Waals surface area contributed by atoms with E-state index >= 15 is 0 Å². The molecule has 52 heteroatoms. The molecule has 0 saturated heterocycles. The van der Waals surface area contributed by atoms with Gasteiger partial charge in [0.05, 0.1) is 8.22 Å². The summed E-state index contributed by atoms with van der Waals surface area (Å²) in [7, 11) is 0. The summed E-state index contributed by atoms with van der Waals surface area (Å²) < 4.78 is 460. The Kier molecular flexibility index (Phi) is 39.4. The van der Waals surface area contributed by atoms with Crippen molar-refractivity contribution >= 4 is 117 Å². The molecule has 8 rings (SSSR count). The third kappa shape index (κ3) is 31.7. The fourth-order valence-corrected chi connectivity index (χ4v) is 6.19. The summed E-state index contributed by atoms with van der Waals surface area (Å²) >= 11 is 30.6. The Balaban J connectivity index is 0.000000755. The van der Waals surface area contributed by atoms with Gasteiger partial charge in [-0.05, 0) is 50.1 Å². The van der Waals surface area contributed by atoms with Gasteiger partial charge in [-0.1, -0.05) is 122 Å². The van der Waals surface area contributed by atoms with Gasteiger partial charge in [-0.2, -0.15) is 52.7 Å². The highest BCUT2D eigenvalue weighted by Gasteiger charge is 2.33. The number of ether oxygens (including phenoxy) is 8. The topological polar surface area (TPSA) is 210 Å². The smallest absolute Gasteiger partial charge is 0.354 e. The Hall–Kier alpha value is -12.9. The number of halogens is 36. The molecule has 0 aliphatic carbocycles. The first-order valence-electron chi connectivity index (χ1n) is 32.8. The van der Waals surface area contributed by atoms with Crippen LogP contribution in [0, 0.1) is 175 Å². The van der Waals surface area contributed by atoms with E-state index in [-0.39, 0.29) is 23.3 Å². The van der Waals surface area contributed by atoms with Crippen molar-refractivity contribution in [2.45, 2.75) is 13.8 Å². The largest absolute Gasteiger partial charge is 0.422 e. The molecule has 16 nitrogen and oxygen atoms in total. The monoisotopic (exact) mass is 1960 g/mol. The van der Waals surface area contributed by atoms with Crippen LogP contribution in [-0.4, -0.2) is 47.8 Å². The summed E-state index contributed by atoms with van der Waals surface area (Å²) in [6.07, 6.45) is 0. The Morgan fingerprint density at radius 3 is 0.770 bits per heavy atom. The van der Waals surface area contributed by atoms with Gasteiger partial charge in [-0.3, -0.25) is 0 Å². The van der Waals surface area contributed by atoms with Crippen molar-refractivity contribution in [1.29, 1.82) is 0 Å². The fraction of sp³-hybridized carbons (Fsp3) is 0.0270. The molecule has 0 unspecified atom stereocenters. The lowest BCUT2D eigenvalue weighted by Gasteiger charge is -2.08. The molecule has 0 radical (unpaired) electrons. The average Bonchev–Trinajstić information content (AvgIpc) is 0.800. The summed E-state index contributed by atoms with van der Waals surface area (Å²) in [5.74, 6) is -79.3.